The third-order valence-corrected chi connectivity index (χ3v) is 5.55. The molecule has 3 saturated heterocycles. The molecule has 126 valence electrons. The Morgan fingerprint density at radius 3 is 2.88 bits per heavy atom. The number of aryl methyl sites for hydroxylation is 1. The van der Waals surface area contributed by atoms with E-state index in [0.717, 1.165) is 44.0 Å². The Morgan fingerprint density at radius 1 is 1.21 bits per heavy atom. The zero-order valence-electron chi connectivity index (χ0n) is 13.8. The van der Waals surface area contributed by atoms with Crippen molar-refractivity contribution in [1.82, 2.24) is 24.8 Å². The first kappa shape index (κ1) is 15.7. The maximum Gasteiger partial charge on any atom is 0.274 e. The predicted molar refractivity (Wildman–Crippen MR) is 91.7 cm³/mol. The molecule has 2 aromatic rings. The normalized spacial score (nSPS) is 24.1. The summed E-state index contributed by atoms with van der Waals surface area (Å²) in [5, 5.41) is 2.11. The fourth-order valence-electron chi connectivity index (χ4n) is 3.75. The van der Waals surface area contributed by atoms with E-state index in [2.05, 4.69) is 25.2 Å². The summed E-state index contributed by atoms with van der Waals surface area (Å²) in [7, 11) is 0. The number of hydrogen-bond donors (Lipinski definition) is 0. The van der Waals surface area contributed by atoms with Crippen LogP contribution < -0.4 is 0 Å². The van der Waals surface area contributed by atoms with Crippen molar-refractivity contribution < 1.29 is 4.79 Å². The van der Waals surface area contributed by atoms with Gasteiger partial charge in [0, 0.05) is 43.8 Å². The second kappa shape index (κ2) is 6.57. The predicted octanol–water partition coefficient (Wildman–Crippen LogP) is 1.98. The number of rotatable bonds is 3. The van der Waals surface area contributed by atoms with E-state index in [9.17, 15) is 4.79 Å². The van der Waals surface area contributed by atoms with Crippen molar-refractivity contribution in [3.63, 3.8) is 0 Å². The van der Waals surface area contributed by atoms with Gasteiger partial charge in [0.05, 0.1) is 23.1 Å². The summed E-state index contributed by atoms with van der Waals surface area (Å²) in [4.78, 5) is 30.2. The van der Waals surface area contributed by atoms with Gasteiger partial charge in [-0.3, -0.25) is 14.7 Å². The molecule has 0 spiro atoms. The van der Waals surface area contributed by atoms with Crippen LogP contribution in [0.3, 0.4) is 0 Å². The lowest BCUT2D eigenvalue weighted by molar-refractivity contribution is 0.0578. The van der Waals surface area contributed by atoms with Crippen molar-refractivity contribution in [1.29, 1.82) is 0 Å². The highest BCUT2D eigenvalue weighted by Crippen LogP contribution is 2.29. The molecule has 5 rings (SSSR count). The van der Waals surface area contributed by atoms with Gasteiger partial charge in [0.25, 0.3) is 5.91 Å². The van der Waals surface area contributed by atoms with Gasteiger partial charge in [-0.05, 0) is 25.7 Å². The first-order valence-electron chi connectivity index (χ1n) is 8.38. The average Bonchev–Trinajstić information content (AvgIpc) is 2.94. The van der Waals surface area contributed by atoms with Gasteiger partial charge in [-0.2, -0.15) is 0 Å². The highest BCUT2D eigenvalue weighted by Gasteiger charge is 2.37. The van der Waals surface area contributed by atoms with Crippen LogP contribution in [-0.4, -0.2) is 56.3 Å². The second-order valence-electron chi connectivity index (χ2n) is 6.77. The van der Waals surface area contributed by atoms with Crippen LogP contribution in [0.25, 0.3) is 0 Å². The van der Waals surface area contributed by atoms with E-state index >= 15 is 0 Å². The summed E-state index contributed by atoms with van der Waals surface area (Å²) in [6.07, 6.45) is 5.53. The van der Waals surface area contributed by atoms with Crippen molar-refractivity contribution in [3.05, 3.63) is 40.4 Å². The molecule has 0 aromatic carbocycles. The molecule has 0 unspecified atom stereocenters. The zero-order chi connectivity index (χ0) is 16.5. The highest BCUT2D eigenvalue weighted by molar-refractivity contribution is 7.07. The van der Waals surface area contributed by atoms with Gasteiger partial charge >= 0.3 is 0 Å². The van der Waals surface area contributed by atoms with Crippen molar-refractivity contribution in [2.24, 2.45) is 5.92 Å². The average molecular weight is 343 g/mol. The fraction of sp³-hybridized carbons (Fsp3) is 0.529. The molecule has 0 aliphatic carbocycles. The van der Waals surface area contributed by atoms with Crippen LogP contribution in [-0.2, 0) is 6.54 Å². The minimum Gasteiger partial charge on any atom is -0.333 e. The van der Waals surface area contributed by atoms with Gasteiger partial charge in [0.15, 0.2) is 0 Å². The number of aromatic nitrogens is 3. The number of carbonyl (C=O) groups is 1. The third-order valence-electron chi connectivity index (χ3n) is 4.92. The second-order valence-corrected chi connectivity index (χ2v) is 7.49. The molecule has 3 aliphatic rings. The number of amides is 1. The van der Waals surface area contributed by atoms with Crippen LogP contribution >= 0.6 is 11.3 Å². The maximum atomic E-state index is 12.9. The van der Waals surface area contributed by atoms with Gasteiger partial charge in [-0.1, -0.05) is 0 Å². The molecule has 0 saturated carbocycles. The van der Waals surface area contributed by atoms with Crippen LogP contribution in [0, 0.1) is 12.8 Å². The lowest BCUT2D eigenvalue weighted by Crippen LogP contribution is -2.47. The van der Waals surface area contributed by atoms with Crippen LogP contribution in [0.4, 0.5) is 0 Å². The fourth-order valence-corrected chi connectivity index (χ4v) is 4.30. The Kier molecular flexibility index (Phi) is 4.28. The van der Waals surface area contributed by atoms with Crippen molar-refractivity contribution in [2.75, 3.05) is 19.6 Å². The smallest absolute Gasteiger partial charge is 0.274 e. The van der Waals surface area contributed by atoms with Crippen LogP contribution in [0.2, 0.25) is 0 Å². The molecule has 1 amide bonds. The van der Waals surface area contributed by atoms with Crippen LogP contribution in [0.15, 0.2) is 23.3 Å². The van der Waals surface area contributed by atoms with Crippen molar-refractivity contribution >= 4 is 17.2 Å². The molecular weight excluding hydrogens is 322 g/mol. The molecule has 6 nitrogen and oxygen atoms in total. The van der Waals surface area contributed by atoms with Crippen molar-refractivity contribution in [3.8, 4) is 0 Å². The number of nitrogens with zero attached hydrogens (tertiary/aromatic N) is 5. The maximum absolute atomic E-state index is 12.9. The first-order chi connectivity index (χ1) is 11.7. The topological polar surface area (TPSA) is 62.2 Å². The van der Waals surface area contributed by atoms with Gasteiger partial charge in [0.1, 0.15) is 5.69 Å². The van der Waals surface area contributed by atoms with Gasteiger partial charge < -0.3 is 4.90 Å². The Bertz CT molecular complexity index is 702. The lowest BCUT2D eigenvalue weighted by atomic mass is 9.95. The summed E-state index contributed by atoms with van der Waals surface area (Å²) >= 11 is 1.64. The van der Waals surface area contributed by atoms with E-state index in [-0.39, 0.29) is 11.9 Å². The lowest BCUT2D eigenvalue weighted by Gasteiger charge is -2.36. The first-order valence-corrected chi connectivity index (χ1v) is 9.32. The van der Waals surface area contributed by atoms with E-state index in [0.29, 0.717) is 11.6 Å². The monoisotopic (exact) mass is 343 g/mol. The minimum absolute atomic E-state index is 0.0210. The SMILES string of the molecule is Cc1cnc(C(=O)N2C[C@H]3CC[C@@H]2CN(Cc2cscn2)C3)cn1. The molecule has 2 atom stereocenters. The molecule has 0 radical (unpaired) electrons. The number of piperidine rings is 1. The summed E-state index contributed by atoms with van der Waals surface area (Å²) in [5.41, 5.74) is 4.30. The summed E-state index contributed by atoms with van der Waals surface area (Å²) in [5.74, 6) is 0.553. The molecule has 24 heavy (non-hydrogen) atoms. The Balaban J connectivity index is 1.50. The van der Waals surface area contributed by atoms with E-state index in [1.54, 1.807) is 23.7 Å². The summed E-state index contributed by atoms with van der Waals surface area (Å²) < 4.78 is 0. The Labute approximate surface area is 145 Å². The van der Waals surface area contributed by atoms with E-state index in [1.807, 2.05) is 17.3 Å². The highest BCUT2D eigenvalue weighted by atomic mass is 32.1. The standard InChI is InChI=1S/C17H21N5OS/c1-12-4-19-16(5-18-12)17(23)22-7-13-2-3-15(22)9-21(6-13)8-14-10-24-11-20-14/h4-5,10-11,13,15H,2-3,6-9H2,1H3/t13-,15+/m0/s1. The number of fused-ring (bicyclic) bond motifs is 4. The number of thiazole rings is 1. The van der Waals surface area contributed by atoms with Crippen LogP contribution in [0.1, 0.15) is 34.7 Å². The molecule has 2 aromatic heterocycles. The van der Waals surface area contributed by atoms with Gasteiger partial charge in [-0.25, -0.2) is 9.97 Å². The van der Waals surface area contributed by atoms with Crippen molar-refractivity contribution in [2.45, 2.75) is 32.4 Å². The summed E-state index contributed by atoms with van der Waals surface area (Å²) in [6.45, 7) is 5.54. The molecule has 5 heterocycles. The third kappa shape index (κ3) is 3.18. The largest absolute Gasteiger partial charge is 0.333 e. The molecule has 2 bridgehead atoms. The van der Waals surface area contributed by atoms with Crippen LogP contribution in [0.5, 0.6) is 0 Å². The van der Waals surface area contributed by atoms with E-state index < -0.39 is 0 Å². The number of carbonyl (C=O) groups excluding carboxylic acids is 1. The molecule has 7 heteroatoms. The minimum atomic E-state index is 0.0210. The Hall–Kier alpha value is -1.86. The van der Waals surface area contributed by atoms with Gasteiger partial charge in [-0.15, -0.1) is 11.3 Å². The molecular formula is C17H21N5OS. The van der Waals surface area contributed by atoms with E-state index in [4.69, 9.17) is 0 Å². The number of hydrogen-bond acceptors (Lipinski definition) is 6. The molecule has 0 N–H and O–H groups in total. The molecule has 3 aliphatic heterocycles. The summed E-state index contributed by atoms with van der Waals surface area (Å²) in [6, 6.07) is 0.262. The van der Waals surface area contributed by atoms with E-state index in [1.165, 1.54) is 6.42 Å². The quantitative estimate of drug-likeness (QED) is 0.853. The Morgan fingerprint density at radius 2 is 2.12 bits per heavy atom. The molecule has 3 fully saturated rings. The van der Waals surface area contributed by atoms with Gasteiger partial charge in [0.2, 0.25) is 0 Å². The zero-order valence-corrected chi connectivity index (χ0v) is 14.6.